The van der Waals surface area contributed by atoms with Gasteiger partial charge < -0.3 is 14.6 Å². The van der Waals surface area contributed by atoms with Crippen LogP contribution in [0.1, 0.15) is 25.7 Å². The van der Waals surface area contributed by atoms with E-state index in [2.05, 4.69) is 0 Å². The van der Waals surface area contributed by atoms with Crippen molar-refractivity contribution in [2.45, 2.75) is 44.0 Å². The van der Waals surface area contributed by atoms with Crippen LogP contribution in [0.15, 0.2) is 36.3 Å². The molecule has 17 heavy (non-hydrogen) atoms. The van der Waals surface area contributed by atoms with Gasteiger partial charge in [0.15, 0.2) is 12.2 Å². The minimum atomic E-state index is -0.343. The molecule has 3 atom stereocenters. The van der Waals surface area contributed by atoms with Crippen LogP contribution in [0.25, 0.3) is 0 Å². The van der Waals surface area contributed by atoms with Crippen LogP contribution >= 0.6 is 0 Å². The molecule has 0 aromatic heterocycles. The SMILES string of the molecule is OC(C1=CC2OC=COC2C=C1)C1CCCC1. The van der Waals surface area contributed by atoms with Crippen molar-refractivity contribution in [3.05, 3.63) is 36.3 Å². The van der Waals surface area contributed by atoms with Crippen molar-refractivity contribution in [2.24, 2.45) is 5.92 Å². The number of ether oxygens (including phenoxy) is 2. The van der Waals surface area contributed by atoms with E-state index in [9.17, 15) is 5.11 Å². The summed E-state index contributed by atoms with van der Waals surface area (Å²) in [5.41, 5.74) is 0.983. The lowest BCUT2D eigenvalue weighted by atomic mass is 9.89. The maximum Gasteiger partial charge on any atom is 0.157 e. The number of aliphatic hydroxyl groups excluding tert-OH is 1. The zero-order chi connectivity index (χ0) is 11.7. The molecule has 3 rings (SSSR count). The van der Waals surface area contributed by atoms with Gasteiger partial charge in [-0.1, -0.05) is 18.9 Å². The summed E-state index contributed by atoms with van der Waals surface area (Å²) in [6.45, 7) is 0. The van der Waals surface area contributed by atoms with Crippen molar-refractivity contribution < 1.29 is 14.6 Å². The number of fused-ring (bicyclic) bond motifs is 1. The molecule has 1 aliphatic heterocycles. The smallest absolute Gasteiger partial charge is 0.157 e. The van der Waals surface area contributed by atoms with Gasteiger partial charge in [0, 0.05) is 0 Å². The van der Waals surface area contributed by atoms with Gasteiger partial charge in [-0.25, -0.2) is 0 Å². The summed E-state index contributed by atoms with van der Waals surface area (Å²) in [4.78, 5) is 0. The van der Waals surface area contributed by atoms with Crippen LogP contribution in [0.2, 0.25) is 0 Å². The van der Waals surface area contributed by atoms with Crippen molar-refractivity contribution >= 4 is 0 Å². The quantitative estimate of drug-likeness (QED) is 0.796. The van der Waals surface area contributed by atoms with Crippen LogP contribution < -0.4 is 0 Å². The molecule has 3 nitrogen and oxygen atoms in total. The molecule has 1 saturated carbocycles. The molecule has 0 bridgehead atoms. The Morgan fingerprint density at radius 2 is 1.82 bits per heavy atom. The zero-order valence-corrected chi connectivity index (χ0v) is 9.79. The van der Waals surface area contributed by atoms with E-state index in [0.29, 0.717) is 5.92 Å². The van der Waals surface area contributed by atoms with E-state index in [0.717, 1.165) is 18.4 Å². The van der Waals surface area contributed by atoms with Crippen LogP contribution in [0.3, 0.4) is 0 Å². The van der Waals surface area contributed by atoms with E-state index in [1.807, 2.05) is 18.2 Å². The average Bonchev–Trinajstić information content (AvgIpc) is 2.91. The highest BCUT2D eigenvalue weighted by atomic mass is 16.6. The lowest BCUT2D eigenvalue weighted by molar-refractivity contribution is 0.0159. The third kappa shape index (κ3) is 2.12. The first-order valence-electron chi connectivity index (χ1n) is 6.38. The summed E-state index contributed by atoms with van der Waals surface area (Å²) in [6.07, 6.45) is 13.4. The molecule has 3 heteroatoms. The van der Waals surface area contributed by atoms with Gasteiger partial charge in [-0.05, 0) is 36.5 Å². The van der Waals surface area contributed by atoms with Gasteiger partial charge in [0.2, 0.25) is 0 Å². The van der Waals surface area contributed by atoms with Crippen LogP contribution in [-0.4, -0.2) is 23.4 Å². The molecule has 0 aromatic carbocycles. The maximum absolute atomic E-state index is 10.3. The standard InChI is InChI=1S/C14H18O3/c15-14(10-3-1-2-4-10)11-5-6-12-13(9-11)17-8-7-16-12/h5-10,12-15H,1-4H2. The normalized spacial score (nSPS) is 33.6. The Balaban J connectivity index is 1.73. The Morgan fingerprint density at radius 3 is 2.59 bits per heavy atom. The van der Waals surface area contributed by atoms with Gasteiger partial charge in [0.05, 0.1) is 6.10 Å². The fourth-order valence-corrected chi connectivity index (χ4v) is 2.88. The molecule has 1 heterocycles. The first kappa shape index (κ1) is 10.9. The van der Waals surface area contributed by atoms with Crippen LogP contribution in [0.5, 0.6) is 0 Å². The number of hydrogen-bond donors (Lipinski definition) is 1. The van der Waals surface area contributed by atoms with Crippen LogP contribution in [0, 0.1) is 5.92 Å². The summed E-state index contributed by atoms with van der Waals surface area (Å²) in [7, 11) is 0. The molecule has 1 N–H and O–H groups in total. The van der Waals surface area contributed by atoms with Gasteiger partial charge in [-0.3, -0.25) is 0 Å². The van der Waals surface area contributed by atoms with E-state index in [1.165, 1.54) is 12.8 Å². The molecule has 0 aromatic rings. The molecule has 0 amide bonds. The van der Waals surface area contributed by atoms with Gasteiger partial charge >= 0.3 is 0 Å². The predicted molar refractivity (Wildman–Crippen MR) is 64.1 cm³/mol. The molecule has 1 fully saturated rings. The lowest BCUT2D eigenvalue weighted by Gasteiger charge is -2.30. The minimum absolute atomic E-state index is 0.0421. The summed E-state index contributed by atoms with van der Waals surface area (Å²) in [5, 5.41) is 10.3. The van der Waals surface area contributed by atoms with Crippen LogP contribution in [0.4, 0.5) is 0 Å². The third-order valence-corrected chi connectivity index (χ3v) is 3.87. The molecule has 3 aliphatic rings. The Labute approximate surface area is 101 Å². The highest BCUT2D eigenvalue weighted by molar-refractivity contribution is 5.32. The Kier molecular flexibility index (Phi) is 2.93. The van der Waals surface area contributed by atoms with E-state index in [-0.39, 0.29) is 18.3 Å². The molecule has 3 unspecified atom stereocenters. The molecule has 2 aliphatic carbocycles. The van der Waals surface area contributed by atoms with Gasteiger partial charge in [-0.15, -0.1) is 0 Å². The fourth-order valence-electron chi connectivity index (χ4n) is 2.88. The molecular formula is C14H18O3. The van der Waals surface area contributed by atoms with Crippen molar-refractivity contribution in [1.82, 2.24) is 0 Å². The predicted octanol–water partition coefficient (Wildman–Crippen LogP) is 2.29. The highest BCUT2D eigenvalue weighted by Crippen LogP contribution is 2.33. The Morgan fingerprint density at radius 1 is 1.12 bits per heavy atom. The van der Waals surface area contributed by atoms with E-state index in [4.69, 9.17) is 9.47 Å². The monoisotopic (exact) mass is 234 g/mol. The number of rotatable bonds is 2. The molecule has 0 spiro atoms. The Bertz CT molecular complexity index is 364. The minimum Gasteiger partial charge on any atom is -0.487 e. The van der Waals surface area contributed by atoms with Gasteiger partial charge in [0.1, 0.15) is 12.5 Å². The van der Waals surface area contributed by atoms with E-state index >= 15 is 0 Å². The Hall–Kier alpha value is -1.22. The van der Waals surface area contributed by atoms with Crippen LogP contribution in [-0.2, 0) is 9.47 Å². The zero-order valence-electron chi connectivity index (χ0n) is 9.79. The van der Waals surface area contributed by atoms with E-state index < -0.39 is 0 Å². The lowest BCUT2D eigenvalue weighted by Crippen LogP contribution is -2.33. The average molecular weight is 234 g/mol. The second-order valence-corrected chi connectivity index (χ2v) is 4.99. The molecule has 0 radical (unpaired) electrons. The fraction of sp³-hybridized carbons (Fsp3) is 0.571. The van der Waals surface area contributed by atoms with Crippen molar-refractivity contribution in [3.63, 3.8) is 0 Å². The topological polar surface area (TPSA) is 38.7 Å². The summed E-state index contributed by atoms with van der Waals surface area (Å²) >= 11 is 0. The summed E-state index contributed by atoms with van der Waals surface area (Å²) in [6, 6.07) is 0. The maximum atomic E-state index is 10.3. The number of hydrogen-bond acceptors (Lipinski definition) is 3. The molecule has 92 valence electrons. The first-order valence-corrected chi connectivity index (χ1v) is 6.38. The van der Waals surface area contributed by atoms with Crippen molar-refractivity contribution in [2.75, 3.05) is 0 Å². The molecule has 0 saturated heterocycles. The second kappa shape index (κ2) is 4.57. The molecular weight excluding hydrogens is 216 g/mol. The third-order valence-electron chi connectivity index (χ3n) is 3.87. The van der Waals surface area contributed by atoms with Gasteiger partial charge in [-0.2, -0.15) is 0 Å². The summed E-state index contributed by atoms with van der Waals surface area (Å²) < 4.78 is 10.9. The summed E-state index contributed by atoms with van der Waals surface area (Å²) in [5.74, 6) is 0.419. The largest absolute Gasteiger partial charge is 0.487 e. The first-order chi connectivity index (χ1) is 8.34. The second-order valence-electron chi connectivity index (χ2n) is 4.99. The number of aliphatic hydroxyl groups is 1. The van der Waals surface area contributed by atoms with E-state index in [1.54, 1.807) is 12.5 Å². The highest BCUT2D eigenvalue weighted by Gasteiger charge is 2.30. The van der Waals surface area contributed by atoms with Crippen molar-refractivity contribution in [1.29, 1.82) is 0 Å². The van der Waals surface area contributed by atoms with Gasteiger partial charge in [0.25, 0.3) is 0 Å². The van der Waals surface area contributed by atoms with Crippen molar-refractivity contribution in [3.8, 4) is 0 Å².